The van der Waals surface area contributed by atoms with Crippen molar-refractivity contribution in [3.63, 3.8) is 0 Å². The van der Waals surface area contributed by atoms with Crippen LogP contribution in [0.4, 0.5) is 10.1 Å². The average Bonchev–Trinajstić information content (AvgIpc) is 2.79. The SMILES string of the molecule is CCCNC1CCN(c2ccc(F)c(Cl)c2)C1. The first kappa shape index (κ1) is 12.7. The summed E-state index contributed by atoms with van der Waals surface area (Å²) < 4.78 is 13.1. The number of nitrogens with zero attached hydrogens (tertiary/aromatic N) is 1. The molecule has 1 aliphatic heterocycles. The van der Waals surface area contributed by atoms with Crippen LogP contribution in [0.5, 0.6) is 0 Å². The maximum atomic E-state index is 13.1. The van der Waals surface area contributed by atoms with E-state index in [4.69, 9.17) is 11.6 Å². The summed E-state index contributed by atoms with van der Waals surface area (Å²) in [6, 6.07) is 5.48. The van der Waals surface area contributed by atoms with Gasteiger partial charge >= 0.3 is 0 Å². The Bertz CT molecular complexity index is 384. The van der Waals surface area contributed by atoms with Crippen molar-refractivity contribution in [1.82, 2.24) is 5.32 Å². The number of halogens is 2. The van der Waals surface area contributed by atoms with Crippen LogP contribution in [0.25, 0.3) is 0 Å². The Kier molecular flexibility index (Phi) is 4.24. The van der Waals surface area contributed by atoms with Crippen molar-refractivity contribution in [2.24, 2.45) is 0 Å². The molecule has 1 aromatic carbocycles. The Morgan fingerprint density at radius 1 is 1.53 bits per heavy atom. The van der Waals surface area contributed by atoms with Gasteiger partial charge in [0.15, 0.2) is 0 Å². The van der Waals surface area contributed by atoms with Crippen LogP contribution in [-0.4, -0.2) is 25.7 Å². The summed E-state index contributed by atoms with van der Waals surface area (Å²) >= 11 is 5.79. The molecule has 1 aliphatic rings. The van der Waals surface area contributed by atoms with Gasteiger partial charge in [-0.2, -0.15) is 0 Å². The first-order valence-corrected chi connectivity index (χ1v) is 6.52. The quantitative estimate of drug-likeness (QED) is 0.891. The summed E-state index contributed by atoms with van der Waals surface area (Å²) in [4.78, 5) is 2.25. The zero-order valence-electron chi connectivity index (χ0n) is 10.0. The summed E-state index contributed by atoms with van der Waals surface area (Å²) in [5.74, 6) is -0.352. The van der Waals surface area contributed by atoms with Crippen molar-refractivity contribution in [1.29, 1.82) is 0 Å². The molecule has 1 aromatic rings. The number of benzene rings is 1. The Balaban J connectivity index is 1.97. The lowest BCUT2D eigenvalue weighted by molar-refractivity contribution is 0.549. The van der Waals surface area contributed by atoms with E-state index < -0.39 is 0 Å². The van der Waals surface area contributed by atoms with Gasteiger partial charge in [-0.1, -0.05) is 18.5 Å². The van der Waals surface area contributed by atoms with Crippen LogP contribution in [0.15, 0.2) is 18.2 Å². The van der Waals surface area contributed by atoms with Gasteiger partial charge in [-0.05, 0) is 37.6 Å². The lowest BCUT2D eigenvalue weighted by Crippen LogP contribution is -2.32. The molecule has 0 spiro atoms. The molecule has 1 unspecified atom stereocenters. The van der Waals surface area contributed by atoms with E-state index in [-0.39, 0.29) is 10.8 Å². The minimum atomic E-state index is -0.352. The zero-order chi connectivity index (χ0) is 12.3. The summed E-state index contributed by atoms with van der Waals surface area (Å²) in [6.07, 6.45) is 2.29. The number of hydrogen-bond acceptors (Lipinski definition) is 2. The molecule has 1 heterocycles. The van der Waals surface area contributed by atoms with E-state index in [9.17, 15) is 4.39 Å². The molecule has 0 amide bonds. The van der Waals surface area contributed by atoms with Crippen molar-refractivity contribution in [3.8, 4) is 0 Å². The Morgan fingerprint density at radius 2 is 2.35 bits per heavy atom. The second kappa shape index (κ2) is 5.69. The number of hydrogen-bond donors (Lipinski definition) is 1. The Morgan fingerprint density at radius 3 is 3.06 bits per heavy atom. The smallest absolute Gasteiger partial charge is 0.141 e. The first-order chi connectivity index (χ1) is 8.20. The molecule has 1 atom stereocenters. The average molecular weight is 257 g/mol. The third-order valence-corrected chi connectivity index (χ3v) is 3.43. The number of nitrogens with one attached hydrogen (secondary N) is 1. The van der Waals surface area contributed by atoms with Crippen LogP contribution >= 0.6 is 11.6 Å². The van der Waals surface area contributed by atoms with Gasteiger partial charge in [-0.3, -0.25) is 0 Å². The molecule has 0 saturated carbocycles. The summed E-state index contributed by atoms with van der Waals surface area (Å²) in [5.41, 5.74) is 1.01. The van der Waals surface area contributed by atoms with E-state index in [1.807, 2.05) is 0 Å². The van der Waals surface area contributed by atoms with Crippen LogP contribution in [0.1, 0.15) is 19.8 Å². The highest BCUT2D eigenvalue weighted by atomic mass is 35.5. The summed E-state index contributed by atoms with van der Waals surface area (Å²) in [5, 5.41) is 3.71. The van der Waals surface area contributed by atoms with E-state index >= 15 is 0 Å². The molecule has 0 aromatic heterocycles. The molecule has 4 heteroatoms. The normalized spacial score (nSPS) is 19.9. The second-order valence-corrected chi connectivity index (χ2v) is 4.89. The van der Waals surface area contributed by atoms with Crippen molar-refractivity contribution < 1.29 is 4.39 Å². The highest BCUT2D eigenvalue weighted by Crippen LogP contribution is 2.25. The van der Waals surface area contributed by atoms with Crippen LogP contribution in [0.3, 0.4) is 0 Å². The Labute approximate surface area is 107 Å². The van der Waals surface area contributed by atoms with E-state index in [0.717, 1.165) is 38.2 Å². The highest BCUT2D eigenvalue weighted by Gasteiger charge is 2.22. The lowest BCUT2D eigenvalue weighted by atomic mass is 10.2. The lowest BCUT2D eigenvalue weighted by Gasteiger charge is -2.19. The zero-order valence-corrected chi connectivity index (χ0v) is 10.8. The summed E-state index contributed by atoms with van der Waals surface area (Å²) in [7, 11) is 0. The van der Waals surface area contributed by atoms with Gasteiger partial charge in [0.05, 0.1) is 5.02 Å². The molecule has 2 nitrogen and oxygen atoms in total. The van der Waals surface area contributed by atoms with E-state index in [1.165, 1.54) is 6.07 Å². The molecule has 1 N–H and O–H groups in total. The van der Waals surface area contributed by atoms with Crippen LogP contribution in [0.2, 0.25) is 5.02 Å². The van der Waals surface area contributed by atoms with Gasteiger partial charge in [0.2, 0.25) is 0 Å². The molecular weight excluding hydrogens is 239 g/mol. The third kappa shape index (κ3) is 3.11. The molecule has 0 aliphatic carbocycles. The third-order valence-electron chi connectivity index (χ3n) is 3.14. The number of rotatable bonds is 4. The fourth-order valence-corrected chi connectivity index (χ4v) is 2.37. The van der Waals surface area contributed by atoms with E-state index in [2.05, 4.69) is 17.1 Å². The maximum Gasteiger partial charge on any atom is 0.141 e. The molecule has 1 fully saturated rings. The fraction of sp³-hybridized carbons (Fsp3) is 0.538. The van der Waals surface area contributed by atoms with Gasteiger partial charge in [0, 0.05) is 24.8 Å². The maximum absolute atomic E-state index is 13.1. The first-order valence-electron chi connectivity index (χ1n) is 6.14. The van der Waals surface area contributed by atoms with Crippen LogP contribution in [-0.2, 0) is 0 Å². The minimum Gasteiger partial charge on any atom is -0.370 e. The fourth-order valence-electron chi connectivity index (χ4n) is 2.19. The second-order valence-electron chi connectivity index (χ2n) is 4.48. The van der Waals surface area contributed by atoms with E-state index in [1.54, 1.807) is 12.1 Å². The van der Waals surface area contributed by atoms with Gasteiger partial charge in [-0.25, -0.2) is 4.39 Å². The van der Waals surface area contributed by atoms with Gasteiger partial charge in [-0.15, -0.1) is 0 Å². The van der Waals surface area contributed by atoms with Gasteiger partial charge in [0.25, 0.3) is 0 Å². The topological polar surface area (TPSA) is 15.3 Å². The number of anilines is 1. The predicted octanol–water partition coefficient (Wildman–Crippen LogP) is 3.06. The Hall–Kier alpha value is -0.800. The van der Waals surface area contributed by atoms with Gasteiger partial charge in [0.1, 0.15) is 5.82 Å². The molecular formula is C13H18ClFN2. The monoisotopic (exact) mass is 256 g/mol. The molecule has 17 heavy (non-hydrogen) atoms. The largest absolute Gasteiger partial charge is 0.370 e. The molecule has 1 saturated heterocycles. The molecule has 2 rings (SSSR count). The van der Waals surface area contributed by atoms with Crippen LogP contribution < -0.4 is 10.2 Å². The standard InChI is InChI=1S/C13H18ClFN2/c1-2-6-16-10-5-7-17(9-10)11-3-4-13(15)12(14)8-11/h3-4,8,10,16H,2,5-7,9H2,1H3. The molecule has 0 radical (unpaired) electrons. The summed E-state index contributed by atoms with van der Waals surface area (Å²) in [6.45, 7) is 5.20. The van der Waals surface area contributed by atoms with Crippen molar-refractivity contribution >= 4 is 17.3 Å². The van der Waals surface area contributed by atoms with Crippen molar-refractivity contribution in [2.45, 2.75) is 25.8 Å². The minimum absolute atomic E-state index is 0.201. The van der Waals surface area contributed by atoms with Crippen molar-refractivity contribution in [2.75, 3.05) is 24.5 Å². The van der Waals surface area contributed by atoms with Gasteiger partial charge < -0.3 is 10.2 Å². The highest BCUT2D eigenvalue weighted by molar-refractivity contribution is 6.31. The predicted molar refractivity (Wildman–Crippen MR) is 70.3 cm³/mol. The van der Waals surface area contributed by atoms with E-state index in [0.29, 0.717) is 6.04 Å². The van der Waals surface area contributed by atoms with Crippen molar-refractivity contribution in [3.05, 3.63) is 29.0 Å². The van der Waals surface area contributed by atoms with Crippen LogP contribution in [0, 0.1) is 5.82 Å². The molecule has 94 valence electrons. The molecule has 0 bridgehead atoms.